The van der Waals surface area contributed by atoms with Gasteiger partial charge in [0.1, 0.15) is 17.2 Å². The number of aryl methyl sites for hydroxylation is 1. The third-order valence-electron chi connectivity index (χ3n) is 5.39. The minimum atomic E-state index is 0.836. The van der Waals surface area contributed by atoms with Crippen molar-refractivity contribution in [3.63, 3.8) is 0 Å². The van der Waals surface area contributed by atoms with E-state index >= 15 is 0 Å². The van der Waals surface area contributed by atoms with Gasteiger partial charge in [0.2, 0.25) is 11.4 Å². The topological polar surface area (TPSA) is 31.6 Å². The second kappa shape index (κ2) is 8.92. The van der Waals surface area contributed by atoms with Gasteiger partial charge in [-0.2, -0.15) is 4.57 Å². The Labute approximate surface area is 183 Å². The highest BCUT2D eigenvalue weighted by Crippen LogP contribution is 2.29. The smallest absolute Gasteiger partial charge is 0.219 e. The quantitative estimate of drug-likeness (QED) is 0.385. The Morgan fingerprint density at radius 1 is 0.516 bits per heavy atom. The van der Waals surface area contributed by atoms with E-state index in [4.69, 9.17) is 14.2 Å². The number of aromatic nitrogens is 1. The van der Waals surface area contributed by atoms with Crippen molar-refractivity contribution in [1.29, 1.82) is 0 Å². The molecule has 0 saturated heterocycles. The molecule has 156 valence electrons. The van der Waals surface area contributed by atoms with Crippen molar-refractivity contribution in [2.45, 2.75) is 6.92 Å². The average molecular weight is 413 g/mol. The Morgan fingerprint density at radius 2 is 0.968 bits per heavy atom. The van der Waals surface area contributed by atoms with Gasteiger partial charge in [0.05, 0.1) is 21.3 Å². The largest absolute Gasteiger partial charge is 0.497 e. The Kier molecular flexibility index (Phi) is 5.89. The van der Waals surface area contributed by atoms with Crippen molar-refractivity contribution < 1.29 is 18.8 Å². The van der Waals surface area contributed by atoms with Crippen molar-refractivity contribution in [2.75, 3.05) is 21.3 Å². The first-order valence-electron chi connectivity index (χ1n) is 10.1. The molecule has 0 aliphatic carbocycles. The first kappa shape index (κ1) is 20.5. The fourth-order valence-corrected chi connectivity index (χ4v) is 3.73. The number of ether oxygens (including phenoxy) is 3. The van der Waals surface area contributed by atoms with Crippen LogP contribution < -0.4 is 18.8 Å². The van der Waals surface area contributed by atoms with Crippen LogP contribution in [0.25, 0.3) is 28.1 Å². The minimum Gasteiger partial charge on any atom is -0.497 e. The summed E-state index contributed by atoms with van der Waals surface area (Å²) < 4.78 is 18.3. The monoisotopic (exact) mass is 412 g/mol. The van der Waals surface area contributed by atoms with Crippen LogP contribution in [0.1, 0.15) is 5.69 Å². The second-order valence-electron chi connectivity index (χ2n) is 7.26. The molecule has 0 atom stereocenters. The van der Waals surface area contributed by atoms with Crippen LogP contribution >= 0.6 is 0 Å². The maximum Gasteiger partial charge on any atom is 0.219 e. The van der Waals surface area contributed by atoms with Crippen LogP contribution in [0, 0.1) is 6.92 Å². The van der Waals surface area contributed by atoms with Crippen LogP contribution in [-0.2, 0) is 0 Å². The fourth-order valence-electron chi connectivity index (χ4n) is 3.73. The highest BCUT2D eigenvalue weighted by Gasteiger charge is 2.21. The highest BCUT2D eigenvalue weighted by atomic mass is 16.5. The Hall–Kier alpha value is -3.79. The van der Waals surface area contributed by atoms with Gasteiger partial charge in [0.15, 0.2) is 5.69 Å². The lowest BCUT2D eigenvalue weighted by molar-refractivity contribution is -0.591. The van der Waals surface area contributed by atoms with Crippen molar-refractivity contribution in [2.24, 2.45) is 0 Å². The van der Waals surface area contributed by atoms with Crippen LogP contribution in [0.4, 0.5) is 0 Å². The zero-order chi connectivity index (χ0) is 21.8. The molecule has 0 spiro atoms. The Morgan fingerprint density at radius 3 is 1.45 bits per heavy atom. The van der Waals surface area contributed by atoms with E-state index in [1.807, 2.05) is 36.4 Å². The molecule has 0 unspecified atom stereocenters. The van der Waals surface area contributed by atoms with Gasteiger partial charge >= 0.3 is 0 Å². The maximum atomic E-state index is 5.35. The predicted molar refractivity (Wildman–Crippen MR) is 123 cm³/mol. The lowest BCUT2D eigenvalue weighted by Gasteiger charge is -2.11. The molecule has 4 heteroatoms. The molecule has 0 N–H and O–H groups in total. The van der Waals surface area contributed by atoms with Gasteiger partial charge in [0.25, 0.3) is 0 Å². The minimum absolute atomic E-state index is 0.836. The standard InChI is InChI=1S/C27H26NO3/c1-19-17-22(20-5-11-24(29-2)12-6-20)18-27(21-7-13-25(30-3)14-8-21)28(19)23-9-15-26(31-4)16-10-23/h5-18H,1-4H3/q+1. The van der Waals surface area contributed by atoms with Gasteiger partial charge in [-0.15, -0.1) is 0 Å². The molecule has 4 nitrogen and oxygen atoms in total. The molecular formula is C27H26NO3+. The van der Waals surface area contributed by atoms with Crippen LogP contribution in [0.15, 0.2) is 84.9 Å². The molecular weight excluding hydrogens is 386 g/mol. The van der Waals surface area contributed by atoms with Gasteiger partial charge in [0, 0.05) is 36.8 Å². The normalized spacial score (nSPS) is 10.6. The Balaban J connectivity index is 1.89. The molecule has 1 aromatic heterocycles. The van der Waals surface area contributed by atoms with Gasteiger partial charge < -0.3 is 14.2 Å². The van der Waals surface area contributed by atoms with Gasteiger partial charge in [-0.1, -0.05) is 12.1 Å². The summed E-state index contributed by atoms with van der Waals surface area (Å²) in [5, 5.41) is 0. The van der Waals surface area contributed by atoms with E-state index in [9.17, 15) is 0 Å². The molecule has 0 fully saturated rings. The number of pyridine rings is 1. The first-order valence-corrected chi connectivity index (χ1v) is 10.1. The van der Waals surface area contributed by atoms with Crippen LogP contribution in [0.2, 0.25) is 0 Å². The van der Waals surface area contributed by atoms with Crippen LogP contribution in [0.3, 0.4) is 0 Å². The van der Waals surface area contributed by atoms with E-state index < -0.39 is 0 Å². The second-order valence-corrected chi connectivity index (χ2v) is 7.26. The summed E-state index contributed by atoms with van der Waals surface area (Å²) >= 11 is 0. The summed E-state index contributed by atoms with van der Waals surface area (Å²) in [5.41, 5.74) is 6.69. The molecule has 0 amide bonds. The average Bonchev–Trinajstić information content (AvgIpc) is 2.84. The van der Waals surface area contributed by atoms with E-state index in [0.717, 1.165) is 51.0 Å². The van der Waals surface area contributed by atoms with E-state index in [-0.39, 0.29) is 0 Å². The number of rotatable bonds is 6. The predicted octanol–water partition coefficient (Wildman–Crippen LogP) is 5.63. The van der Waals surface area contributed by atoms with Crippen molar-refractivity contribution in [3.8, 4) is 45.3 Å². The third-order valence-corrected chi connectivity index (χ3v) is 5.39. The third kappa shape index (κ3) is 4.24. The molecule has 0 radical (unpaired) electrons. The van der Waals surface area contributed by atoms with E-state index in [0.29, 0.717) is 0 Å². The Bertz CT molecular complexity index is 1170. The number of nitrogens with zero attached hydrogens (tertiary/aromatic N) is 1. The summed E-state index contributed by atoms with van der Waals surface area (Å²) in [6, 6.07) is 28.9. The lowest BCUT2D eigenvalue weighted by atomic mass is 10.0. The van der Waals surface area contributed by atoms with E-state index in [2.05, 4.69) is 60.0 Å². The molecule has 0 aliphatic heterocycles. The first-order chi connectivity index (χ1) is 15.1. The fraction of sp³-hybridized carbons (Fsp3) is 0.148. The zero-order valence-corrected chi connectivity index (χ0v) is 18.3. The summed E-state index contributed by atoms with van der Waals surface area (Å²) in [6.07, 6.45) is 0. The summed E-state index contributed by atoms with van der Waals surface area (Å²) in [5.74, 6) is 2.52. The zero-order valence-electron chi connectivity index (χ0n) is 18.3. The van der Waals surface area contributed by atoms with E-state index in [1.54, 1.807) is 21.3 Å². The molecule has 31 heavy (non-hydrogen) atoms. The molecule has 0 aliphatic rings. The van der Waals surface area contributed by atoms with E-state index in [1.165, 1.54) is 0 Å². The molecule has 3 aromatic carbocycles. The van der Waals surface area contributed by atoms with Crippen molar-refractivity contribution in [1.82, 2.24) is 0 Å². The van der Waals surface area contributed by atoms with Crippen LogP contribution in [-0.4, -0.2) is 21.3 Å². The van der Waals surface area contributed by atoms with Crippen molar-refractivity contribution >= 4 is 0 Å². The van der Waals surface area contributed by atoms with Gasteiger partial charge in [-0.3, -0.25) is 0 Å². The number of hydrogen-bond donors (Lipinski definition) is 0. The molecule has 4 aromatic rings. The highest BCUT2D eigenvalue weighted by molar-refractivity contribution is 5.70. The van der Waals surface area contributed by atoms with Crippen molar-refractivity contribution in [3.05, 3.63) is 90.6 Å². The summed E-state index contributed by atoms with van der Waals surface area (Å²) in [6.45, 7) is 2.13. The SMILES string of the molecule is COc1ccc(-c2cc(C)[n+](-c3ccc(OC)cc3)c(-c3ccc(OC)cc3)c2)cc1. The summed E-state index contributed by atoms with van der Waals surface area (Å²) in [4.78, 5) is 0. The molecule has 1 heterocycles. The maximum absolute atomic E-state index is 5.35. The lowest BCUT2D eigenvalue weighted by Crippen LogP contribution is -2.37. The number of methoxy groups -OCH3 is 3. The summed E-state index contributed by atoms with van der Waals surface area (Å²) in [7, 11) is 5.04. The molecule has 0 bridgehead atoms. The number of hydrogen-bond acceptors (Lipinski definition) is 3. The molecule has 4 rings (SSSR count). The number of benzene rings is 3. The molecule has 0 saturated carbocycles. The van der Waals surface area contributed by atoms with Gasteiger partial charge in [-0.25, -0.2) is 0 Å². The van der Waals surface area contributed by atoms with Gasteiger partial charge in [-0.05, 0) is 59.7 Å². The van der Waals surface area contributed by atoms with Crippen LogP contribution in [0.5, 0.6) is 17.2 Å².